The molecule has 5 rings (SSSR count). The first-order valence-electron chi connectivity index (χ1n) is 10.9. The molecule has 1 aliphatic rings. The lowest BCUT2D eigenvalue weighted by Crippen LogP contribution is -2.46. The average Bonchev–Trinajstić information content (AvgIpc) is 2.85. The molecule has 7 nitrogen and oxygen atoms in total. The number of aromatic nitrogens is 2. The van der Waals surface area contributed by atoms with E-state index in [-0.39, 0.29) is 11.4 Å². The Morgan fingerprint density at radius 1 is 0.848 bits per heavy atom. The number of rotatable bonds is 5. The number of hydrogen-bond donors (Lipinski definition) is 2. The molecule has 1 fully saturated rings. The number of anilines is 1. The molecule has 0 amide bonds. The summed E-state index contributed by atoms with van der Waals surface area (Å²) in [5.74, 6) is -0.0948. The third-order valence-electron chi connectivity index (χ3n) is 6.13. The Labute approximate surface area is 191 Å². The van der Waals surface area contributed by atoms with Gasteiger partial charge in [-0.3, -0.25) is 4.90 Å². The van der Waals surface area contributed by atoms with E-state index < -0.39 is 5.97 Å². The minimum atomic E-state index is -1.07. The Bertz CT molecular complexity index is 1300. The number of carbonyl (C=O) groups is 1. The number of fused-ring (bicyclic) bond motifs is 1. The van der Waals surface area contributed by atoms with Crippen molar-refractivity contribution in [2.24, 2.45) is 0 Å². The smallest absolute Gasteiger partial charge is 0.356 e. The molecule has 7 heteroatoms. The van der Waals surface area contributed by atoms with Gasteiger partial charge < -0.3 is 15.1 Å². The Kier molecular flexibility index (Phi) is 5.62. The minimum absolute atomic E-state index is 0.0431. The maximum absolute atomic E-state index is 11.0. The van der Waals surface area contributed by atoms with Gasteiger partial charge in [-0.2, -0.15) is 0 Å². The SMILES string of the molecule is O=C(O)c1ccc(N2CCN(Cc3ccc(-c4cccc(O)c4)c4ccccc34)CC2)nn1. The monoisotopic (exact) mass is 440 g/mol. The van der Waals surface area contributed by atoms with Crippen molar-refractivity contribution in [3.05, 3.63) is 84.1 Å². The highest BCUT2D eigenvalue weighted by atomic mass is 16.4. The molecule has 1 aliphatic heterocycles. The van der Waals surface area contributed by atoms with Crippen LogP contribution in [0.25, 0.3) is 21.9 Å². The third-order valence-corrected chi connectivity index (χ3v) is 6.13. The highest BCUT2D eigenvalue weighted by molar-refractivity contribution is 5.98. The second-order valence-corrected chi connectivity index (χ2v) is 8.21. The van der Waals surface area contributed by atoms with Crippen LogP contribution in [0.2, 0.25) is 0 Å². The molecule has 0 saturated carbocycles. The molecule has 2 heterocycles. The van der Waals surface area contributed by atoms with E-state index >= 15 is 0 Å². The van der Waals surface area contributed by atoms with Crippen molar-refractivity contribution in [2.75, 3.05) is 31.1 Å². The largest absolute Gasteiger partial charge is 0.508 e. The second kappa shape index (κ2) is 8.88. The zero-order valence-corrected chi connectivity index (χ0v) is 18.1. The molecule has 3 aromatic carbocycles. The quantitative estimate of drug-likeness (QED) is 0.484. The summed E-state index contributed by atoms with van der Waals surface area (Å²) < 4.78 is 0. The van der Waals surface area contributed by atoms with Gasteiger partial charge in [-0.05, 0) is 51.7 Å². The summed E-state index contributed by atoms with van der Waals surface area (Å²) in [5, 5.41) is 29.2. The molecule has 166 valence electrons. The fraction of sp³-hybridized carbons (Fsp3) is 0.192. The molecule has 0 radical (unpaired) electrons. The third kappa shape index (κ3) is 4.36. The van der Waals surface area contributed by atoms with E-state index in [4.69, 9.17) is 5.11 Å². The van der Waals surface area contributed by atoms with Crippen LogP contribution in [0.4, 0.5) is 5.82 Å². The van der Waals surface area contributed by atoms with Crippen LogP contribution < -0.4 is 4.90 Å². The molecule has 2 N–H and O–H groups in total. The number of carboxylic acids is 1. The molecular weight excluding hydrogens is 416 g/mol. The Morgan fingerprint density at radius 2 is 1.64 bits per heavy atom. The van der Waals surface area contributed by atoms with E-state index in [1.165, 1.54) is 22.4 Å². The summed E-state index contributed by atoms with van der Waals surface area (Å²) >= 11 is 0. The van der Waals surface area contributed by atoms with Crippen LogP contribution in [-0.2, 0) is 6.54 Å². The van der Waals surface area contributed by atoms with Gasteiger partial charge in [0.25, 0.3) is 0 Å². The molecule has 0 unspecified atom stereocenters. The van der Waals surface area contributed by atoms with Crippen molar-refractivity contribution in [3.63, 3.8) is 0 Å². The summed E-state index contributed by atoms with van der Waals surface area (Å²) in [6.07, 6.45) is 0. The van der Waals surface area contributed by atoms with Crippen LogP contribution in [0.5, 0.6) is 5.75 Å². The predicted octanol–water partition coefficient (Wildman–Crippen LogP) is 4.02. The summed E-state index contributed by atoms with van der Waals surface area (Å²) in [4.78, 5) is 15.5. The summed E-state index contributed by atoms with van der Waals surface area (Å²) in [7, 11) is 0. The van der Waals surface area contributed by atoms with Crippen molar-refractivity contribution in [3.8, 4) is 16.9 Å². The molecule has 1 aromatic heterocycles. The van der Waals surface area contributed by atoms with Gasteiger partial charge in [-0.1, -0.05) is 48.5 Å². The zero-order valence-electron chi connectivity index (χ0n) is 18.1. The van der Waals surface area contributed by atoms with Gasteiger partial charge in [0, 0.05) is 32.7 Å². The number of carboxylic acid groups (broad SMARTS) is 1. The molecule has 1 saturated heterocycles. The lowest BCUT2D eigenvalue weighted by Gasteiger charge is -2.35. The molecule has 0 bridgehead atoms. The van der Waals surface area contributed by atoms with Crippen LogP contribution in [-0.4, -0.2) is 57.5 Å². The second-order valence-electron chi connectivity index (χ2n) is 8.21. The van der Waals surface area contributed by atoms with Crippen LogP contribution in [0.1, 0.15) is 16.1 Å². The van der Waals surface area contributed by atoms with Crippen molar-refractivity contribution in [1.29, 1.82) is 0 Å². The van der Waals surface area contributed by atoms with Crippen molar-refractivity contribution >= 4 is 22.6 Å². The number of hydrogen-bond acceptors (Lipinski definition) is 6. The average molecular weight is 441 g/mol. The van der Waals surface area contributed by atoms with Gasteiger partial charge in [0.2, 0.25) is 0 Å². The van der Waals surface area contributed by atoms with Crippen LogP contribution in [0.15, 0.2) is 72.8 Å². The van der Waals surface area contributed by atoms with Crippen molar-refractivity contribution in [1.82, 2.24) is 15.1 Å². The first kappa shape index (κ1) is 20.9. The predicted molar refractivity (Wildman–Crippen MR) is 128 cm³/mol. The van der Waals surface area contributed by atoms with Gasteiger partial charge in [-0.15, -0.1) is 10.2 Å². The summed E-state index contributed by atoms with van der Waals surface area (Å²) in [6.45, 7) is 4.22. The lowest BCUT2D eigenvalue weighted by molar-refractivity contribution is 0.0689. The fourth-order valence-electron chi connectivity index (χ4n) is 4.41. The number of phenols is 1. The standard InChI is InChI=1S/C26H24N4O3/c31-20-5-3-4-18(16-20)22-9-8-19(21-6-1-2-7-23(21)22)17-29-12-14-30(15-13-29)25-11-10-24(26(32)33)27-28-25/h1-11,16,31H,12-15,17H2,(H,32,33). The number of benzene rings is 3. The zero-order chi connectivity index (χ0) is 22.8. The maximum atomic E-state index is 11.0. The van der Waals surface area contributed by atoms with Gasteiger partial charge >= 0.3 is 5.97 Å². The van der Waals surface area contributed by atoms with Crippen LogP contribution >= 0.6 is 0 Å². The van der Waals surface area contributed by atoms with E-state index in [1.807, 2.05) is 18.2 Å². The Balaban J connectivity index is 1.32. The number of aromatic carboxylic acids is 1. The van der Waals surface area contributed by atoms with E-state index in [0.29, 0.717) is 5.82 Å². The van der Waals surface area contributed by atoms with Crippen molar-refractivity contribution < 1.29 is 15.0 Å². The Hall–Kier alpha value is -3.97. The minimum Gasteiger partial charge on any atom is -0.508 e. The molecule has 0 atom stereocenters. The van der Waals surface area contributed by atoms with Crippen LogP contribution in [0.3, 0.4) is 0 Å². The number of phenolic OH excluding ortho intramolecular Hbond substituents is 1. The highest BCUT2D eigenvalue weighted by Crippen LogP contribution is 2.33. The normalized spacial score (nSPS) is 14.5. The van der Waals surface area contributed by atoms with E-state index in [1.54, 1.807) is 18.2 Å². The lowest BCUT2D eigenvalue weighted by atomic mass is 9.94. The number of piperazine rings is 1. The fourth-order valence-corrected chi connectivity index (χ4v) is 4.41. The van der Waals surface area contributed by atoms with Gasteiger partial charge in [0.15, 0.2) is 11.5 Å². The van der Waals surface area contributed by atoms with E-state index in [0.717, 1.165) is 43.9 Å². The Morgan fingerprint density at radius 3 is 2.33 bits per heavy atom. The van der Waals surface area contributed by atoms with E-state index in [2.05, 4.69) is 50.3 Å². The molecule has 0 aliphatic carbocycles. The van der Waals surface area contributed by atoms with Crippen molar-refractivity contribution in [2.45, 2.75) is 6.54 Å². The van der Waals surface area contributed by atoms with Gasteiger partial charge in [0.05, 0.1) is 0 Å². The number of aromatic hydroxyl groups is 1. The highest BCUT2D eigenvalue weighted by Gasteiger charge is 2.20. The molecular formula is C26H24N4O3. The number of nitrogens with zero attached hydrogens (tertiary/aromatic N) is 4. The van der Waals surface area contributed by atoms with Gasteiger partial charge in [-0.25, -0.2) is 4.79 Å². The topological polar surface area (TPSA) is 89.8 Å². The van der Waals surface area contributed by atoms with Crippen LogP contribution in [0, 0.1) is 0 Å². The van der Waals surface area contributed by atoms with E-state index in [9.17, 15) is 9.90 Å². The summed E-state index contributed by atoms with van der Waals surface area (Å²) in [5.41, 5.74) is 3.34. The summed E-state index contributed by atoms with van der Waals surface area (Å²) in [6, 6.07) is 23.3. The molecule has 0 spiro atoms. The first-order valence-corrected chi connectivity index (χ1v) is 10.9. The molecule has 33 heavy (non-hydrogen) atoms. The first-order chi connectivity index (χ1) is 16.1. The van der Waals surface area contributed by atoms with Gasteiger partial charge in [0.1, 0.15) is 5.75 Å². The molecule has 4 aromatic rings. The maximum Gasteiger partial charge on any atom is 0.356 e.